The standard InChI is InChI=1S/C15H21N3O2/c16-12-6-8-13(9-7-12)17-14(19)4-3-11-18-10-2-1-5-15(18)20/h6-9H,1-5,10-11,16H2,(H,17,19). The van der Waals surface area contributed by atoms with Crippen molar-refractivity contribution in [3.63, 3.8) is 0 Å². The molecule has 1 fully saturated rings. The molecule has 1 aliphatic rings. The molecule has 2 amide bonds. The van der Waals surface area contributed by atoms with Crippen LogP contribution in [0.2, 0.25) is 0 Å². The largest absolute Gasteiger partial charge is 0.399 e. The summed E-state index contributed by atoms with van der Waals surface area (Å²) in [4.78, 5) is 25.2. The second-order valence-electron chi connectivity index (χ2n) is 5.11. The van der Waals surface area contributed by atoms with Crippen LogP contribution in [0, 0.1) is 0 Å². The Kier molecular flexibility index (Phi) is 4.98. The molecule has 5 nitrogen and oxygen atoms in total. The SMILES string of the molecule is Nc1ccc(NC(=O)CCCN2CCCCC2=O)cc1. The van der Waals surface area contributed by atoms with Crippen LogP contribution in [-0.2, 0) is 9.59 Å². The fourth-order valence-electron chi connectivity index (χ4n) is 2.32. The zero-order valence-electron chi connectivity index (χ0n) is 11.6. The maximum absolute atomic E-state index is 11.8. The number of rotatable bonds is 5. The van der Waals surface area contributed by atoms with Crippen LogP contribution in [0.1, 0.15) is 32.1 Å². The predicted molar refractivity (Wildman–Crippen MR) is 79.1 cm³/mol. The summed E-state index contributed by atoms with van der Waals surface area (Å²) in [6.45, 7) is 1.51. The molecule has 1 saturated heterocycles. The minimum Gasteiger partial charge on any atom is -0.399 e. The number of hydrogen-bond acceptors (Lipinski definition) is 3. The average Bonchev–Trinajstić information content (AvgIpc) is 2.43. The molecule has 0 unspecified atom stereocenters. The van der Waals surface area contributed by atoms with Crippen molar-refractivity contribution in [2.75, 3.05) is 24.1 Å². The molecule has 0 radical (unpaired) electrons. The Morgan fingerprint density at radius 2 is 2.00 bits per heavy atom. The molecule has 0 atom stereocenters. The first-order valence-electron chi connectivity index (χ1n) is 7.08. The van der Waals surface area contributed by atoms with Crippen LogP contribution in [-0.4, -0.2) is 29.8 Å². The lowest BCUT2D eigenvalue weighted by atomic mass is 10.1. The normalized spacial score (nSPS) is 15.2. The van der Waals surface area contributed by atoms with Gasteiger partial charge in [-0.15, -0.1) is 0 Å². The zero-order chi connectivity index (χ0) is 14.4. The molecule has 108 valence electrons. The van der Waals surface area contributed by atoms with E-state index in [1.54, 1.807) is 24.3 Å². The fraction of sp³-hybridized carbons (Fsp3) is 0.467. The number of piperidine rings is 1. The van der Waals surface area contributed by atoms with Gasteiger partial charge in [0.15, 0.2) is 0 Å². The summed E-state index contributed by atoms with van der Waals surface area (Å²) in [5.41, 5.74) is 7.00. The van der Waals surface area contributed by atoms with Crippen LogP contribution >= 0.6 is 0 Å². The molecule has 2 rings (SSSR count). The smallest absolute Gasteiger partial charge is 0.224 e. The van der Waals surface area contributed by atoms with Crippen molar-refractivity contribution in [1.82, 2.24) is 4.90 Å². The Labute approximate surface area is 119 Å². The van der Waals surface area contributed by atoms with E-state index in [0.29, 0.717) is 31.5 Å². The van der Waals surface area contributed by atoms with Crippen LogP contribution in [0.15, 0.2) is 24.3 Å². The lowest BCUT2D eigenvalue weighted by Gasteiger charge is -2.26. The molecule has 5 heteroatoms. The molecule has 0 bridgehead atoms. The Morgan fingerprint density at radius 3 is 2.70 bits per heavy atom. The number of carbonyl (C=O) groups excluding carboxylic acids is 2. The minimum absolute atomic E-state index is 0.0285. The lowest BCUT2D eigenvalue weighted by molar-refractivity contribution is -0.133. The summed E-state index contributed by atoms with van der Waals surface area (Å²) >= 11 is 0. The third kappa shape index (κ3) is 4.26. The van der Waals surface area contributed by atoms with Crippen molar-refractivity contribution in [3.8, 4) is 0 Å². The van der Waals surface area contributed by atoms with Gasteiger partial charge in [0.05, 0.1) is 0 Å². The molecule has 0 aliphatic carbocycles. The summed E-state index contributed by atoms with van der Waals surface area (Å²) in [6, 6.07) is 7.06. The van der Waals surface area contributed by atoms with E-state index in [1.165, 1.54) is 0 Å². The molecule has 1 aromatic carbocycles. The summed E-state index contributed by atoms with van der Waals surface area (Å²) in [5, 5.41) is 2.82. The number of likely N-dealkylation sites (tertiary alicyclic amines) is 1. The summed E-state index contributed by atoms with van der Waals surface area (Å²) in [6.07, 6.45) is 3.84. The van der Waals surface area contributed by atoms with Crippen LogP contribution < -0.4 is 11.1 Å². The van der Waals surface area contributed by atoms with Gasteiger partial charge in [0.1, 0.15) is 0 Å². The molecule has 1 aliphatic heterocycles. The molecule has 0 spiro atoms. The summed E-state index contributed by atoms with van der Waals surface area (Å²) < 4.78 is 0. The zero-order valence-corrected chi connectivity index (χ0v) is 11.6. The first-order valence-corrected chi connectivity index (χ1v) is 7.08. The lowest BCUT2D eigenvalue weighted by Crippen LogP contribution is -2.36. The number of nitrogens with zero attached hydrogens (tertiary/aromatic N) is 1. The topological polar surface area (TPSA) is 75.4 Å². The molecular weight excluding hydrogens is 254 g/mol. The van der Waals surface area contributed by atoms with Crippen LogP contribution in [0.3, 0.4) is 0 Å². The van der Waals surface area contributed by atoms with Gasteiger partial charge in [0.2, 0.25) is 11.8 Å². The van der Waals surface area contributed by atoms with Gasteiger partial charge in [-0.1, -0.05) is 0 Å². The molecule has 1 aromatic rings. The quantitative estimate of drug-likeness (QED) is 0.807. The number of carbonyl (C=O) groups is 2. The van der Waals surface area contributed by atoms with Crippen molar-refractivity contribution in [1.29, 1.82) is 0 Å². The number of benzene rings is 1. The molecule has 20 heavy (non-hydrogen) atoms. The van der Waals surface area contributed by atoms with Crippen molar-refractivity contribution in [2.24, 2.45) is 0 Å². The van der Waals surface area contributed by atoms with Gasteiger partial charge < -0.3 is 16.0 Å². The van der Waals surface area contributed by atoms with E-state index in [0.717, 1.165) is 25.1 Å². The number of nitrogens with two attached hydrogens (primary N) is 1. The van der Waals surface area contributed by atoms with Crippen molar-refractivity contribution >= 4 is 23.2 Å². The number of anilines is 2. The predicted octanol–water partition coefficient (Wildman–Crippen LogP) is 2.00. The first-order chi connectivity index (χ1) is 9.65. The molecule has 0 aromatic heterocycles. The van der Waals surface area contributed by atoms with Gasteiger partial charge >= 0.3 is 0 Å². The van der Waals surface area contributed by atoms with Gasteiger partial charge in [-0.05, 0) is 43.5 Å². The molecule has 0 saturated carbocycles. The highest BCUT2D eigenvalue weighted by Crippen LogP contribution is 2.13. The van der Waals surface area contributed by atoms with E-state index in [9.17, 15) is 9.59 Å². The van der Waals surface area contributed by atoms with E-state index in [2.05, 4.69) is 5.32 Å². The van der Waals surface area contributed by atoms with Crippen molar-refractivity contribution in [2.45, 2.75) is 32.1 Å². The first kappa shape index (κ1) is 14.4. The molecular formula is C15H21N3O2. The van der Waals surface area contributed by atoms with E-state index in [1.807, 2.05) is 4.90 Å². The number of nitrogen functional groups attached to an aromatic ring is 1. The minimum atomic E-state index is -0.0285. The monoisotopic (exact) mass is 275 g/mol. The van der Waals surface area contributed by atoms with Crippen molar-refractivity contribution in [3.05, 3.63) is 24.3 Å². The van der Waals surface area contributed by atoms with E-state index < -0.39 is 0 Å². The summed E-state index contributed by atoms with van der Waals surface area (Å²) in [7, 11) is 0. The molecule has 1 heterocycles. The third-order valence-corrected chi connectivity index (χ3v) is 3.45. The summed E-state index contributed by atoms with van der Waals surface area (Å²) in [5.74, 6) is 0.189. The van der Waals surface area contributed by atoms with E-state index in [-0.39, 0.29) is 11.8 Å². The second-order valence-corrected chi connectivity index (χ2v) is 5.11. The highest BCUT2D eigenvalue weighted by Gasteiger charge is 2.17. The van der Waals surface area contributed by atoms with Crippen LogP contribution in [0.25, 0.3) is 0 Å². The van der Waals surface area contributed by atoms with Gasteiger partial charge in [-0.3, -0.25) is 9.59 Å². The highest BCUT2D eigenvalue weighted by molar-refractivity contribution is 5.90. The van der Waals surface area contributed by atoms with Gasteiger partial charge in [0, 0.05) is 37.3 Å². The number of amides is 2. The Hall–Kier alpha value is -2.04. The Morgan fingerprint density at radius 1 is 1.25 bits per heavy atom. The van der Waals surface area contributed by atoms with Crippen LogP contribution in [0.5, 0.6) is 0 Å². The Balaban J connectivity index is 1.69. The van der Waals surface area contributed by atoms with E-state index >= 15 is 0 Å². The molecule has 3 N–H and O–H groups in total. The maximum Gasteiger partial charge on any atom is 0.224 e. The second kappa shape index (κ2) is 6.93. The maximum atomic E-state index is 11.8. The highest BCUT2D eigenvalue weighted by atomic mass is 16.2. The number of hydrogen-bond donors (Lipinski definition) is 2. The van der Waals surface area contributed by atoms with Gasteiger partial charge in [0.25, 0.3) is 0 Å². The number of nitrogens with one attached hydrogen (secondary N) is 1. The Bertz CT molecular complexity index is 471. The van der Waals surface area contributed by atoms with Gasteiger partial charge in [-0.2, -0.15) is 0 Å². The average molecular weight is 275 g/mol. The third-order valence-electron chi connectivity index (χ3n) is 3.45. The van der Waals surface area contributed by atoms with Crippen molar-refractivity contribution < 1.29 is 9.59 Å². The fourth-order valence-corrected chi connectivity index (χ4v) is 2.32. The van der Waals surface area contributed by atoms with Gasteiger partial charge in [-0.25, -0.2) is 0 Å². The van der Waals surface area contributed by atoms with Crippen LogP contribution in [0.4, 0.5) is 11.4 Å². The van der Waals surface area contributed by atoms with E-state index in [4.69, 9.17) is 5.73 Å².